The van der Waals surface area contributed by atoms with Crippen LogP contribution in [-0.2, 0) is 9.53 Å². The molecule has 1 fully saturated rings. The first-order valence-corrected chi connectivity index (χ1v) is 6.04. The van der Waals surface area contributed by atoms with Gasteiger partial charge in [-0.15, -0.1) is 0 Å². The van der Waals surface area contributed by atoms with Gasteiger partial charge in [0.25, 0.3) is 5.91 Å². The summed E-state index contributed by atoms with van der Waals surface area (Å²) in [5.41, 5.74) is 0.791. The van der Waals surface area contributed by atoms with Crippen LogP contribution in [-0.4, -0.2) is 32.5 Å². The molecule has 2 aliphatic rings. The molecule has 1 unspecified atom stereocenters. The predicted octanol–water partition coefficient (Wildman–Crippen LogP) is 1.56. The summed E-state index contributed by atoms with van der Waals surface area (Å²) in [5, 5.41) is 0. The van der Waals surface area contributed by atoms with Gasteiger partial charge in [0.2, 0.25) is 6.79 Å². The summed E-state index contributed by atoms with van der Waals surface area (Å²) in [6.45, 7) is 0.910. The molecule has 96 valence electrons. The van der Waals surface area contributed by atoms with Crippen LogP contribution in [0.15, 0.2) is 18.2 Å². The van der Waals surface area contributed by atoms with Crippen molar-refractivity contribution in [1.29, 1.82) is 0 Å². The molecule has 18 heavy (non-hydrogen) atoms. The Hall–Kier alpha value is -1.75. The summed E-state index contributed by atoms with van der Waals surface area (Å²) < 4.78 is 15.9. The number of benzene rings is 1. The number of amides is 1. The summed E-state index contributed by atoms with van der Waals surface area (Å²) in [7, 11) is 1.75. The Morgan fingerprint density at radius 2 is 2.17 bits per heavy atom. The molecule has 1 atom stereocenters. The van der Waals surface area contributed by atoms with Crippen LogP contribution in [0.4, 0.5) is 5.69 Å². The quantitative estimate of drug-likeness (QED) is 0.798. The minimum atomic E-state index is -0.305. The molecule has 1 aromatic carbocycles. The second-order valence-corrected chi connectivity index (χ2v) is 4.44. The molecule has 3 rings (SSSR count). The van der Waals surface area contributed by atoms with Crippen LogP contribution in [0.1, 0.15) is 12.8 Å². The minimum Gasteiger partial charge on any atom is -0.454 e. The number of ether oxygens (including phenoxy) is 3. The number of carbonyl (C=O) groups excluding carboxylic acids is 1. The molecule has 1 saturated heterocycles. The van der Waals surface area contributed by atoms with Gasteiger partial charge >= 0.3 is 0 Å². The number of likely N-dealkylation sites (N-methyl/N-ethyl adjacent to an activating group) is 1. The highest BCUT2D eigenvalue weighted by Crippen LogP contribution is 2.35. The van der Waals surface area contributed by atoms with Crippen LogP contribution >= 0.6 is 0 Å². The molecular weight excluding hydrogens is 234 g/mol. The lowest BCUT2D eigenvalue weighted by atomic mass is 10.2. The number of hydrogen-bond acceptors (Lipinski definition) is 4. The lowest BCUT2D eigenvalue weighted by Gasteiger charge is -2.20. The van der Waals surface area contributed by atoms with Crippen LogP contribution < -0.4 is 14.4 Å². The van der Waals surface area contributed by atoms with Gasteiger partial charge in [0.1, 0.15) is 6.10 Å². The van der Waals surface area contributed by atoms with Gasteiger partial charge in [-0.05, 0) is 25.0 Å². The molecule has 1 aromatic rings. The summed E-state index contributed by atoms with van der Waals surface area (Å²) in [4.78, 5) is 13.8. The van der Waals surface area contributed by atoms with Crippen molar-refractivity contribution < 1.29 is 19.0 Å². The monoisotopic (exact) mass is 249 g/mol. The van der Waals surface area contributed by atoms with Crippen LogP contribution in [0.3, 0.4) is 0 Å². The number of rotatable bonds is 2. The van der Waals surface area contributed by atoms with Crippen LogP contribution in [0, 0.1) is 0 Å². The maximum Gasteiger partial charge on any atom is 0.255 e. The standard InChI is InChI=1S/C13H15NO4/c1-14(13(15)11-3-2-6-16-11)9-4-5-10-12(7-9)18-8-17-10/h4-5,7,11H,2-3,6,8H2,1H3. The van der Waals surface area contributed by atoms with E-state index < -0.39 is 0 Å². The number of nitrogens with zero attached hydrogens (tertiary/aromatic N) is 1. The third-order valence-corrected chi connectivity index (χ3v) is 3.28. The predicted molar refractivity (Wildman–Crippen MR) is 64.9 cm³/mol. The Labute approximate surface area is 105 Å². The third kappa shape index (κ3) is 1.90. The van der Waals surface area contributed by atoms with Gasteiger partial charge in [0, 0.05) is 25.4 Å². The Balaban J connectivity index is 1.79. The molecule has 0 saturated carbocycles. The number of hydrogen-bond donors (Lipinski definition) is 0. The molecule has 1 amide bonds. The van der Waals surface area contributed by atoms with Crippen LogP contribution in [0.2, 0.25) is 0 Å². The molecule has 5 heteroatoms. The van der Waals surface area contributed by atoms with E-state index in [1.807, 2.05) is 18.2 Å². The maximum absolute atomic E-state index is 12.2. The Morgan fingerprint density at radius 3 is 2.94 bits per heavy atom. The summed E-state index contributed by atoms with van der Waals surface area (Å²) >= 11 is 0. The molecule has 0 radical (unpaired) electrons. The fourth-order valence-electron chi connectivity index (χ4n) is 2.21. The van der Waals surface area contributed by atoms with Crippen LogP contribution in [0.5, 0.6) is 11.5 Å². The molecular formula is C13H15NO4. The van der Waals surface area contributed by atoms with Crippen molar-refractivity contribution in [2.24, 2.45) is 0 Å². The van der Waals surface area contributed by atoms with Crippen molar-refractivity contribution >= 4 is 11.6 Å². The van der Waals surface area contributed by atoms with Crippen molar-refractivity contribution in [3.05, 3.63) is 18.2 Å². The van der Waals surface area contributed by atoms with Gasteiger partial charge in [-0.3, -0.25) is 4.79 Å². The molecule has 2 aliphatic heterocycles. The lowest BCUT2D eigenvalue weighted by Crippen LogP contribution is -2.35. The van der Waals surface area contributed by atoms with E-state index in [4.69, 9.17) is 14.2 Å². The largest absolute Gasteiger partial charge is 0.454 e. The highest BCUT2D eigenvalue weighted by molar-refractivity contribution is 5.96. The summed E-state index contributed by atoms with van der Waals surface area (Å²) in [6.07, 6.45) is 1.44. The van der Waals surface area contributed by atoms with E-state index in [-0.39, 0.29) is 18.8 Å². The van der Waals surface area contributed by atoms with Gasteiger partial charge in [-0.25, -0.2) is 0 Å². The SMILES string of the molecule is CN(C(=O)C1CCCO1)c1ccc2c(c1)OCO2. The first-order valence-electron chi connectivity index (χ1n) is 6.04. The fraction of sp³-hybridized carbons (Fsp3) is 0.462. The van der Waals surface area contributed by atoms with Crippen molar-refractivity contribution in [2.75, 3.05) is 25.3 Å². The molecule has 0 aromatic heterocycles. The Bertz CT molecular complexity index is 468. The third-order valence-electron chi connectivity index (χ3n) is 3.28. The highest BCUT2D eigenvalue weighted by Gasteiger charge is 2.27. The van der Waals surface area contributed by atoms with E-state index in [2.05, 4.69) is 0 Å². The zero-order chi connectivity index (χ0) is 12.5. The first-order chi connectivity index (χ1) is 8.75. The molecule has 5 nitrogen and oxygen atoms in total. The fourth-order valence-corrected chi connectivity index (χ4v) is 2.21. The topological polar surface area (TPSA) is 48.0 Å². The van der Waals surface area contributed by atoms with Gasteiger partial charge in [0.05, 0.1) is 0 Å². The second kappa shape index (κ2) is 4.49. The Morgan fingerprint density at radius 1 is 1.33 bits per heavy atom. The van der Waals surface area contributed by atoms with E-state index in [9.17, 15) is 4.79 Å². The second-order valence-electron chi connectivity index (χ2n) is 4.44. The van der Waals surface area contributed by atoms with Crippen molar-refractivity contribution in [2.45, 2.75) is 18.9 Å². The summed E-state index contributed by atoms with van der Waals surface area (Å²) in [5.74, 6) is 1.39. The van der Waals surface area contributed by atoms with E-state index in [0.29, 0.717) is 12.4 Å². The van der Waals surface area contributed by atoms with Gasteiger partial charge in [-0.1, -0.05) is 0 Å². The lowest BCUT2D eigenvalue weighted by molar-refractivity contribution is -0.127. The normalized spacial score (nSPS) is 21.1. The molecule has 2 heterocycles. The molecule has 0 N–H and O–H groups in total. The zero-order valence-corrected chi connectivity index (χ0v) is 10.2. The van der Waals surface area contributed by atoms with Gasteiger partial charge in [-0.2, -0.15) is 0 Å². The minimum absolute atomic E-state index is 0.00800. The van der Waals surface area contributed by atoms with E-state index in [1.54, 1.807) is 11.9 Å². The smallest absolute Gasteiger partial charge is 0.255 e. The zero-order valence-electron chi connectivity index (χ0n) is 10.2. The molecule has 0 spiro atoms. The number of anilines is 1. The average Bonchev–Trinajstić information content (AvgIpc) is 3.06. The van der Waals surface area contributed by atoms with Crippen molar-refractivity contribution in [3.8, 4) is 11.5 Å². The maximum atomic E-state index is 12.2. The molecule has 0 aliphatic carbocycles. The summed E-state index contributed by atoms with van der Waals surface area (Å²) in [6, 6.07) is 5.48. The van der Waals surface area contributed by atoms with Gasteiger partial charge < -0.3 is 19.1 Å². The van der Waals surface area contributed by atoms with E-state index in [0.717, 1.165) is 24.3 Å². The average molecular weight is 249 g/mol. The number of fused-ring (bicyclic) bond motifs is 1. The van der Waals surface area contributed by atoms with Crippen molar-refractivity contribution in [3.63, 3.8) is 0 Å². The number of carbonyl (C=O) groups is 1. The van der Waals surface area contributed by atoms with E-state index >= 15 is 0 Å². The Kier molecular flexibility index (Phi) is 2.83. The van der Waals surface area contributed by atoms with Crippen LogP contribution in [0.25, 0.3) is 0 Å². The first kappa shape index (κ1) is 11.3. The highest BCUT2D eigenvalue weighted by atomic mass is 16.7. The van der Waals surface area contributed by atoms with Gasteiger partial charge in [0.15, 0.2) is 11.5 Å². The molecule has 0 bridgehead atoms. The van der Waals surface area contributed by atoms with E-state index in [1.165, 1.54) is 0 Å². The van der Waals surface area contributed by atoms with Crippen molar-refractivity contribution in [1.82, 2.24) is 0 Å².